The van der Waals surface area contributed by atoms with Crippen LogP contribution in [-0.4, -0.2) is 15.5 Å². The highest BCUT2D eigenvalue weighted by Gasteiger charge is 2.14. The van der Waals surface area contributed by atoms with E-state index < -0.39 is 11.6 Å². The van der Waals surface area contributed by atoms with Gasteiger partial charge in [0.25, 0.3) is 5.91 Å². The van der Waals surface area contributed by atoms with E-state index in [4.69, 9.17) is 5.73 Å². The first-order valence-electron chi connectivity index (χ1n) is 5.12. The minimum atomic E-state index is -0.618. The fourth-order valence-corrected chi connectivity index (χ4v) is 1.98. The van der Waals surface area contributed by atoms with Crippen molar-refractivity contribution < 1.29 is 4.79 Å². The van der Waals surface area contributed by atoms with Gasteiger partial charge in [-0.25, -0.2) is 4.79 Å². The van der Waals surface area contributed by atoms with Gasteiger partial charge >= 0.3 is 5.69 Å². The molecule has 18 heavy (non-hydrogen) atoms. The molecule has 1 heterocycles. The van der Waals surface area contributed by atoms with Gasteiger partial charge in [-0.05, 0) is 12.1 Å². The molecule has 0 atom stereocenters. The second-order valence-corrected chi connectivity index (χ2v) is 4.69. The predicted octanol–water partition coefficient (Wildman–Crippen LogP) is 1.31. The van der Waals surface area contributed by atoms with E-state index in [1.807, 2.05) is 6.07 Å². The number of aromatic nitrogens is 2. The second kappa shape index (κ2) is 4.73. The van der Waals surface area contributed by atoms with Crippen molar-refractivity contribution in [2.75, 3.05) is 0 Å². The third-order valence-corrected chi connectivity index (χ3v) is 2.94. The fraction of sp³-hybridized carbons (Fsp3) is 0.0833. The molecule has 2 rings (SSSR count). The third-order valence-electron chi connectivity index (χ3n) is 2.45. The number of amides is 1. The number of rotatable bonds is 2. The summed E-state index contributed by atoms with van der Waals surface area (Å²) in [6, 6.07) is 7.17. The summed E-state index contributed by atoms with van der Waals surface area (Å²) in [5.41, 5.74) is 6.05. The number of halogens is 1. The lowest BCUT2D eigenvalue weighted by Crippen LogP contribution is -2.25. The quantitative estimate of drug-likeness (QED) is 0.908. The zero-order valence-electron chi connectivity index (χ0n) is 9.55. The van der Waals surface area contributed by atoms with E-state index in [0.717, 1.165) is 4.47 Å². The molecule has 0 radical (unpaired) electrons. The van der Waals surface area contributed by atoms with E-state index in [1.165, 1.54) is 17.8 Å². The van der Waals surface area contributed by atoms with Crippen molar-refractivity contribution >= 4 is 21.8 Å². The molecule has 0 spiro atoms. The molecule has 1 aromatic carbocycles. The van der Waals surface area contributed by atoms with Gasteiger partial charge in [0.1, 0.15) is 0 Å². The minimum absolute atomic E-state index is 0.218. The monoisotopic (exact) mass is 307 g/mol. The summed E-state index contributed by atoms with van der Waals surface area (Å²) in [5, 5.41) is 0. The molecule has 0 aliphatic rings. The zero-order chi connectivity index (χ0) is 13.3. The molecule has 0 aliphatic heterocycles. The Kier molecular flexibility index (Phi) is 3.29. The number of hydrogen-bond donors (Lipinski definition) is 1. The first-order valence-corrected chi connectivity index (χ1v) is 5.92. The summed E-state index contributed by atoms with van der Waals surface area (Å²) in [6.07, 6.45) is 1.40. The zero-order valence-corrected chi connectivity index (χ0v) is 11.1. The second-order valence-electron chi connectivity index (χ2n) is 3.77. The Balaban J connectivity index is 2.74. The molecule has 1 aromatic heterocycles. The standard InChI is InChI=1S/C12H10BrN3O2/c1-16-6-9(11(14)17)10(15-12(16)18)7-3-2-4-8(13)5-7/h2-6H,1H3,(H2,14,17). The molecule has 0 saturated carbocycles. The largest absolute Gasteiger partial charge is 0.365 e. The van der Waals surface area contributed by atoms with Crippen LogP contribution < -0.4 is 11.4 Å². The lowest BCUT2D eigenvalue weighted by molar-refractivity contribution is 0.1000. The summed E-state index contributed by atoms with van der Waals surface area (Å²) in [5.74, 6) is -0.618. The molecule has 0 fully saturated rings. The van der Waals surface area contributed by atoms with Gasteiger partial charge in [0.05, 0.1) is 11.3 Å². The van der Waals surface area contributed by atoms with Crippen LogP contribution in [0.5, 0.6) is 0 Å². The summed E-state index contributed by atoms with van der Waals surface area (Å²) < 4.78 is 2.06. The molecule has 92 valence electrons. The van der Waals surface area contributed by atoms with Gasteiger partial charge in [0.15, 0.2) is 0 Å². The Morgan fingerprint density at radius 3 is 2.78 bits per heavy atom. The Morgan fingerprint density at radius 1 is 1.44 bits per heavy atom. The molecule has 0 bridgehead atoms. The maximum atomic E-state index is 11.6. The molecule has 0 unspecified atom stereocenters. The summed E-state index contributed by atoms with van der Waals surface area (Å²) in [7, 11) is 1.52. The number of carbonyl (C=O) groups is 1. The molecule has 1 amide bonds. The van der Waals surface area contributed by atoms with Crippen molar-refractivity contribution in [3.05, 3.63) is 51.0 Å². The van der Waals surface area contributed by atoms with Crippen LogP contribution in [0.4, 0.5) is 0 Å². The lowest BCUT2D eigenvalue weighted by Gasteiger charge is -2.07. The Bertz CT molecular complexity index is 679. The van der Waals surface area contributed by atoms with Gasteiger partial charge in [-0.3, -0.25) is 4.79 Å². The summed E-state index contributed by atoms with van der Waals surface area (Å²) >= 11 is 3.33. The van der Waals surface area contributed by atoms with Gasteiger partial charge in [0.2, 0.25) is 0 Å². The van der Waals surface area contributed by atoms with Crippen molar-refractivity contribution in [2.45, 2.75) is 0 Å². The van der Waals surface area contributed by atoms with Crippen LogP contribution >= 0.6 is 15.9 Å². The van der Waals surface area contributed by atoms with Crippen molar-refractivity contribution in [1.82, 2.24) is 9.55 Å². The third kappa shape index (κ3) is 2.33. The lowest BCUT2D eigenvalue weighted by atomic mass is 10.1. The maximum Gasteiger partial charge on any atom is 0.347 e. The van der Waals surface area contributed by atoms with Crippen LogP contribution in [0, 0.1) is 0 Å². The number of aryl methyl sites for hydroxylation is 1. The molecule has 6 heteroatoms. The number of benzene rings is 1. The van der Waals surface area contributed by atoms with Crippen molar-refractivity contribution in [2.24, 2.45) is 12.8 Å². The molecule has 5 nitrogen and oxygen atoms in total. The Hall–Kier alpha value is -1.95. The first-order chi connectivity index (χ1) is 8.49. The summed E-state index contributed by atoms with van der Waals surface area (Å²) in [4.78, 5) is 26.9. The number of nitrogens with two attached hydrogens (primary N) is 1. The Labute approximate surface area is 111 Å². The normalized spacial score (nSPS) is 10.3. The Morgan fingerprint density at radius 2 is 2.17 bits per heavy atom. The van der Waals surface area contributed by atoms with Crippen molar-refractivity contribution in [3.8, 4) is 11.3 Å². The highest BCUT2D eigenvalue weighted by molar-refractivity contribution is 9.10. The molecule has 0 saturated heterocycles. The van der Waals surface area contributed by atoms with Crippen molar-refractivity contribution in [3.63, 3.8) is 0 Å². The highest BCUT2D eigenvalue weighted by Crippen LogP contribution is 2.23. The van der Waals surface area contributed by atoms with Crippen LogP contribution in [0.2, 0.25) is 0 Å². The number of carbonyl (C=O) groups excluding carboxylic acids is 1. The predicted molar refractivity (Wildman–Crippen MR) is 71.1 cm³/mol. The van der Waals surface area contributed by atoms with E-state index >= 15 is 0 Å². The van der Waals surface area contributed by atoms with E-state index in [-0.39, 0.29) is 5.56 Å². The van der Waals surface area contributed by atoms with Crippen LogP contribution in [0.15, 0.2) is 39.7 Å². The van der Waals surface area contributed by atoms with Crippen LogP contribution in [0.1, 0.15) is 10.4 Å². The smallest absolute Gasteiger partial charge is 0.347 e. The van der Waals surface area contributed by atoms with Crippen LogP contribution in [-0.2, 0) is 7.05 Å². The van der Waals surface area contributed by atoms with E-state index in [1.54, 1.807) is 18.2 Å². The van der Waals surface area contributed by atoms with E-state index in [0.29, 0.717) is 11.3 Å². The molecular formula is C12H10BrN3O2. The topological polar surface area (TPSA) is 78.0 Å². The van der Waals surface area contributed by atoms with Crippen molar-refractivity contribution in [1.29, 1.82) is 0 Å². The minimum Gasteiger partial charge on any atom is -0.365 e. The maximum absolute atomic E-state index is 11.6. The molecule has 2 aromatic rings. The highest BCUT2D eigenvalue weighted by atomic mass is 79.9. The number of primary amides is 1. The average Bonchev–Trinajstić information content (AvgIpc) is 2.31. The van der Waals surface area contributed by atoms with E-state index in [2.05, 4.69) is 20.9 Å². The number of nitrogens with zero attached hydrogens (tertiary/aromatic N) is 2. The SMILES string of the molecule is Cn1cc(C(N)=O)c(-c2cccc(Br)c2)nc1=O. The van der Waals surface area contributed by atoms with Gasteiger partial charge in [-0.1, -0.05) is 28.1 Å². The first kappa shape index (κ1) is 12.5. The molecular weight excluding hydrogens is 298 g/mol. The fourth-order valence-electron chi connectivity index (χ4n) is 1.58. The molecule has 0 aliphatic carbocycles. The van der Waals surface area contributed by atoms with Gasteiger partial charge < -0.3 is 10.3 Å². The van der Waals surface area contributed by atoms with Gasteiger partial charge in [-0.2, -0.15) is 4.98 Å². The average molecular weight is 308 g/mol. The van der Waals surface area contributed by atoms with Crippen LogP contribution in [0.3, 0.4) is 0 Å². The summed E-state index contributed by atoms with van der Waals surface area (Å²) in [6.45, 7) is 0. The number of hydrogen-bond acceptors (Lipinski definition) is 3. The molecule has 2 N–H and O–H groups in total. The van der Waals surface area contributed by atoms with Gasteiger partial charge in [-0.15, -0.1) is 0 Å². The van der Waals surface area contributed by atoms with Crippen LogP contribution in [0.25, 0.3) is 11.3 Å². The van der Waals surface area contributed by atoms with E-state index in [9.17, 15) is 9.59 Å². The van der Waals surface area contributed by atoms with Gasteiger partial charge in [0, 0.05) is 23.3 Å².